The molecule has 0 bridgehead atoms. The Balaban J connectivity index is 1.42. The average molecular weight is 448 g/mol. The van der Waals surface area contributed by atoms with Crippen molar-refractivity contribution in [3.8, 4) is 5.75 Å². The molecular weight excluding hydrogens is 422 g/mol. The van der Waals surface area contributed by atoms with Gasteiger partial charge in [-0.15, -0.1) is 0 Å². The fourth-order valence-electron chi connectivity index (χ4n) is 3.01. The molecule has 5 nitrogen and oxygen atoms in total. The topological polar surface area (TPSA) is 56.8 Å². The minimum Gasteiger partial charge on any atom is -0.488 e. The van der Waals surface area contributed by atoms with Gasteiger partial charge in [0.05, 0.1) is 18.3 Å². The van der Waals surface area contributed by atoms with E-state index in [0.29, 0.717) is 37.7 Å². The van der Waals surface area contributed by atoms with Gasteiger partial charge in [0.15, 0.2) is 0 Å². The molecular formula is C22H26BrNO4. The first kappa shape index (κ1) is 20.8. The zero-order valence-electron chi connectivity index (χ0n) is 15.9. The number of hydrogen-bond acceptors (Lipinski definition) is 4. The molecule has 2 aromatic carbocycles. The van der Waals surface area contributed by atoms with Crippen LogP contribution in [-0.2, 0) is 16.1 Å². The summed E-state index contributed by atoms with van der Waals surface area (Å²) in [6.07, 6.45) is 3.20. The van der Waals surface area contributed by atoms with Crippen LogP contribution in [0.1, 0.15) is 35.2 Å². The van der Waals surface area contributed by atoms with E-state index in [2.05, 4.69) is 21.2 Å². The van der Waals surface area contributed by atoms with Crippen LogP contribution in [0.4, 0.5) is 0 Å². The second kappa shape index (κ2) is 11.2. The number of benzene rings is 2. The van der Waals surface area contributed by atoms with Crippen LogP contribution in [0, 0.1) is 0 Å². The molecule has 6 heteroatoms. The largest absolute Gasteiger partial charge is 0.488 e. The van der Waals surface area contributed by atoms with E-state index in [1.165, 1.54) is 0 Å². The number of ether oxygens (including phenoxy) is 3. The van der Waals surface area contributed by atoms with Crippen LogP contribution < -0.4 is 10.1 Å². The molecule has 0 radical (unpaired) electrons. The van der Waals surface area contributed by atoms with Crippen molar-refractivity contribution in [2.24, 2.45) is 0 Å². The smallest absolute Gasteiger partial charge is 0.255 e. The highest BCUT2D eigenvalue weighted by Crippen LogP contribution is 2.22. The van der Waals surface area contributed by atoms with Gasteiger partial charge >= 0.3 is 0 Å². The first-order valence-corrected chi connectivity index (χ1v) is 10.5. The number of amides is 1. The predicted octanol–water partition coefficient (Wildman–Crippen LogP) is 4.34. The average Bonchev–Trinajstić information content (AvgIpc) is 3.23. The van der Waals surface area contributed by atoms with Gasteiger partial charge in [-0.1, -0.05) is 46.3 Å². The summed E-state index contributed by atoms with van der Waals surface area (Å²) >= 11 is 3.51. The first-order chi connectivity index (χ1) is 13.7. The minimum absolute atomic E-state index is 0.137. The summed E-state index contributed by atoms with van der Waals surface area (Å²) in [6, 6.07) is 15.2. The van der Waals surface area contributed by atoms with Crippen LogP contribution in [0.25, 0.3) is 0 Å². The molecule has 3 rings (SSSR count). The van der Waals surface area contributed by atoms with Gasteiger partial charge in [0.2, 0.25) is 0 Å². The van der Waals surface area contributed by atoms with Crippen molar-refractivity contribution >= 4 is 21.8 Å². The maximum atomic E-state index is 12.5. The van der Waals surface area contributed by atoms with Crippen molar-refractivity contribution in [2.75, 3.05) is 26.4 Å². The summed E-state index contributed by atoms with van der Waals surface area (Å²) in [6.45, 7) is 3.04. The molecule has 150 valence electrons. The number of rotatable bonds is 10. The van der Waals surface area contributed by atoms with Crippen LogP contribution in [-0.4, -0.2) is 38.4 Å². The van der Waals surface area contributed by atoms with Crippen LogP contribution in [0.5, 0.6) is 5.75 Å². The normalized spacial score (nSPS) is 16.1. The van der Waals surface area contributed by atoms with Crippen molar-refractivity contribution in [1.82, 2.24) is 5.32 Å². The highest BCUT2D eigenvalue weighted by molar-refractivity contribution is 9.10. The Kier molecular flexibility index (Phi) is 8.33. The molecule has 0 aliphatic carbocycles. The molecule has 28 heavy (non-hydrogen) atoms. The zero-order valence-corrected chi connectivity index (χ0v) is 17.4. The number of nitrogens with one attached hydrogen (secondary N) is 1. The van der Waals surface area contributed by atoms with Gasteiger partial charge in [-0.3, -0.25) is 4.79 Å². The van der Waals surface area contributed by atoms with Crippen molar-refractivity contribution in [1.29, 1.82) is 0 Å². The van der Waals surface area contributed by atoms with E-state index in [1.54, 1.807) is 6.07 Å². The van der Waals surface area contributed by atoms with Gasteiger partial charge in [0.25, 0.3) is 5.91 Å². The molecule has 1 saturated heterocycles. The molecule has 1 aliphatic heterocycles. The molecule has 1 atom stereocenters. The molecule has 1 heterocycles. The lowest BCUT2D eigenvalue weighted by Crippen LogP contribution is -2.26. The van der Waals surface area contributed by atoms with Gasteiger partial charge in [-0.25, -0.2) is 0 Å². The maximum absolute atomic E-state index is 12.5. The third kappa shape index (κ3) is 6.33. The lowest BCUT2D eigenvalue weighted by Gasteiger charge is -2.13. The van der Waals surface area contributed by atoms with Gasteiger partial charge in [0, 0.05) is 29.8 Å². The Hall–Kier alpha value is -1.89. The lowest BCUT2D eigenvalue weighted by molar-refractivity contribution is 0.0166. The summed E-state index contributed by atoms with van der Waals surface area (Å²) in [5, 5.41) is 2.94. The summed E-state index contributed by atoms with van der Waals surface area (Å²) in [4.78, 5) is 12.5. The molecule has 2 aromatic rings. The van der Waals surface area contributed by atoms with Crippen molar-refractivity contribution in [2.45, 2.75) is 32.0 Å². The second-order valence-corrected chi connectivity index (χ2v) is 7.55. The van der Waals surface area contributed by atoms with Crippen LogP contribution in [0.2, 0.25) is 0 Å². The van der Waals surface area contributed by atoms with E-state index in [9.17, 15) is 4.79 Å². The Labute approximate surface area is 174 Å². The van der Waals surface area contributed by atoms with E-state index in [0.717, 1.165) is 35.9 Å². The summed E-state index contributed by atoms with van der Waals surface area (Å²) in [5.41, 5.74) is 1.57. The molecule has 1 amide bonds. The van der Waals surface area contributed by atoms with Crippen LogP contribution in [0.15, 0.2) is 53.0 Å². The second-order valence-electron chi connectivity index (χ2n) is 6.70. The maximum Gasteiger partial charge on any atom is 0.255 e. The highest BCUT2D eigenvalue weighted by Gasteiger charge is 2.15. The molecule has 1 aliphatic rings. The standard InChI is InChI=1S/C22H26BrNO4/c23-20-10-3-1-7-17(20)15-28-21-11-4-2-9-19(21)22(25)24-12-6-13-26-16-18-8-5-14-27-18/h1-4,7,9-11,18H,5-6,8,12-16H2,(H,24,25). The number of carbonyl (C=O) groups excluding carboxylic acids is 1. The number of hydrogen-bond donors (Lipinski definition) is 1. The molecule has 1 N–H and O–H groups in total. The fourth-order valence-corrected chi connectivity index (χ4v) is 3.41. The molecule has 1 fully saturated rings. The Bertz CT molecular complexity index is 762. The third-order valence-corrected chi connectivity index (χ3v) is 5.33. The predicted molar refractivity (Wildman–Crippen MR) is 112 cm³/mol. The van der Waals surface area contributed by atoms with Gasteiger partial charge in [0.1, 0.15) is 12.4 Å². The van der Waals surface area contributed by atoms with Gasteiger partial charge in [-0.2, -0.15) is 0 Å². The molecule has 0 saturated carbocycles. The quantitative estimate of drug-likeness (QED) is 0.550. The summed E-state index contributed by atoms with van der Waals surface area (Å²) in [5.74, 6) is 0.437. The van der Waals surface area contributed by atoms with E-state index >= 15 is 0 Å². The highest BCUT2D eigenvalue weighted by atomic mass is 79.9. The van der Waals surface area contributed by atoms with Gasteiger partial charge < -0.3 is 19.5 Å². The summed E-state index contributed by atoms with van der Waals surface area (Å²) < 4.78 is 18.0. The minimum atomic E-state index is -0.137. The lowest BCUT2D eigenvalue weighted by atomic mass is 10.2. The SMILES string of the molecule is O=C(NCCCOCC1CCCO1)c1ccccc1OCc1ccccc1Br. The number of carbonyl (C=O) groups is 1. The zero-order chi connectivity index (χ0) is 19.6. The molecule has 0 spiro atoms. The number of halogens is 1. The van der Waals surface area contributed by atoms with E-state index in [1.807, 2.05) is 42.5 Å². The Morgan fingerprint density at radius 2 is 2.00 bits per heavy atom. The molecule has 0 aromatic heterocycles. The third-order valence-electron chi connectivity index (χ3n) is 4.55. The molecule has 1 unspecified atom stereocenters. The number of para-hydroxylation sites is 1. The van der Waals surface area contributed by atoms with Gasteiger partial charge in [-0.05, 0) is 37.5 Å². The van der Waals surface area contributed by atoms with E-state index in [4.69, 9.17) is 14.2 Å². The Morgan fingerprint density at radius 3 is 2.82 bits per heavy atom. The first-order valence-electron chi connectivity index (χ1n) is 9.67. The van der Waals surface area contributed by atoms with E-state index < -0.39 is 0 Å². The van der Waals surface area contributed by atoms with Crippen molar-refractivity contribution < 1.29 is 19.0 Å². The van der Waals surface area contributed by atoms with Crippen LogP contribution >= 0.6 is 15.9 Å². The fraction of sp³-hybridized carbons (Fsp3) is 0.409. The summed E-state index contributed by atoms with van der Waals surface area (Å²) in [7, 11) is 0. The van der Waals surface area contributed by atoms with Crippen molar-refractivity contribution in [3.63, 3.8) is 0 Å². The van der Waals surface area contributed by atoms with Crippen LogP contribution in [0.3, 0.4) is 0 Å². The van der Waals surface area contributed by atoms with E-state index in [-0.39, 0.29) is 12.0 Å². The monoisotopic (exact) mass is 447 g/mol. The van der Waals surface area contributed by atoms with Crippen molar-refractivity contribution in [3.05, 3.63) is 64.1 Å². The Morgan fingerprint density at radius 1 is 1.18 bits per heavy atom.